The van der Waals surface area contributed by atoms with Crippen molar-refractivity contribution in [3.8, 4) is 0 Å². The topological polar surface area (TPSA) is 50.4 Å². The van der Waals surface area contributed by atoms with E-state index < -0.39 is 0 Å². The zero-order valence-corrected chi connectivity index (χ0v) is 11.4. The third-order valence-electron chi connectivity index (χ3n) is 3.45. The van der Waals surface area contributed by atoms with Gasteiger partial charge in [0.2, 0.25) is 5.91 Å². The molecule has 1 atom stereocenters. The Kier molecular flexibility index (Phi) is 5.36. The van der Waals surface area contributed by atoms with E-state index in [0.29, 0.717) is 6.61 Å². The lowest BCUT2D eigenvalue weighted by Gasteiger charge is -2.17. The summed E-state index contributed by atoms with van der Waals surface area (Å²) in [5.74, 6) is 0.0606. The van der Waals surface area contributed by atoms with Crippen LogP contribution >= 0.6 is 0 Å². The number of para-hydroxylation sites is 1. The van der Waals surface area contributed by atoms with Crippen LogP contribution in [0.3, 0.4) is 0 Å². The molecular formula is C15H22N2O2. The van der Waals surface area contributed by atoms with Gasteiger partial charge in [-0.05, 0) is 25.5 Å². The van der Waals surface area contributed by atoms with Crippen LogP contribution in [0.1, 0.15) is 31.2 Å². The summed E-state index contributed by atoms with van der Waals surface area (Å²) < 4.78 is 5.15. The summed E-state index contributed by atoms with van der Waals surface area (Å²) in [6.07, 6.45) is 4.39. The lowest BCUT2D eigenvalue weighted by Crippen LogP contribution is -2.40. The molecule has 2 N–H and O–H groups in total. The molecule has 1 aliphatic heterocycles. The lowest BCUT2D eigenvalue weighted by molar-refractivity contribution is -0.118. The number of ether oxygens (including phenoxy) is 1. The molecule has 19 heavy (non-hydrogen) atoms. The molecule has 0 saturated carbocycles. The van der Waals surface area contributed by atoms with Crippen molar-refractivity contribution in [2.24, 2.45) is 0 Å². The maximum absolute atomic E-state index is 12.3. The van der Waals surface area contributed by atoms with E-state index in [1.54, 1.807) is 7.11 Å². The number of carbonyl (C=O) groups excluding carboxylic acids is 1. The quantitative estimate of drug-likeness (QED) is 0.875. The van der Waals surface area contributed by atoms with Crippen LogP contribution in [0, 0.1) is 0 Å². The predicted octanol–water partition coefficient (Wildman–Crippen LogP) is 2.30. The van der Waals surface area contributed by atoms with Gasteiger partial charge < -0.3 is 15.4 Å². The highest BCUT2D eigenvalue weighted by atomic mass is 16.5. The average molecular weight is 262 g/mol. The number of amides is 1. The van der Waals surface area contributed by atoms with Gasteiger partial charge in [0.25, 0.3) is 0 Å². The molecule has 2 rings (SSSR count). The molecule has 1 heterocycles. The van der Waals surface area contributed by atoms with Gasteiger partial charge in [0, 0.05) is 18.4 Å². The number of methoxy groups -OCH3 is 1. The van der Waals surface area contributed by atoms with E-state index in [9.17, 15) is 4.79 Å². The Bertz CT molecular complexity index is 412. The highest BCUT2D eigenvalue weighted by molar-refractivity contribution is 5.95. The third-order valence-corrected chi connectivity index (χ3v) is 3.45. The molecule has 0 bridgehead atoms. The van der Waals surface area contributed by atoms with Crippen molar-refractivity contribution in [2.75, 3.05) is 19.0 Å². The molecule has 1 fully saturated rings. The summed E-state index contributed by atoms with van der Waals surface area (Å²) in [5, 5.41) is 6.32. The maximum Gasteiger partial charge on any atom is 0.241 e. The Morgan fingerprint density at radius 2 is 2.21 bits per heavy atom. The molecule has 0 aliphatic carbocycles. The van der Waals surface area contributed by atoms with Gasteiger partial charge >= 0.3 is 0 Å². The fraction of sp³-hybridized carbons (Fsp3) is 0.533. The van der Waals surface area contributed by atoms with Gasteiger partial charge in [-0.2, -0.15) is 0 Å². The summed E-state index contributed by atoms with van der Waals surface area (Å²) in [5.41, 5.74) is 1.85. The van der Waals surface area contributed by atoms with Crippen LogP contribution in [-0.4, -0.2) is 25.6 Å². The molecule has 1 aromatic carbocycles. The first kappa shape index (κ1) is 14.0. The third kappa shape index (κ3) is 4.04. The lowest BCUT2D eigenvalue weighted by atomic mass is 10.1. The van der Waals surface area contributed by atoms with Gasteiger partial charge in [-0.15, -0.1) is 0 Å². The largest absolute Gasteiger partial charge is 0.380 e. The monoisotopic (exact) mass is 262 g/mol. The number of carbonyl (C=O) groups is 1. The number of hydrogen-bond donors (Lipinski definition) is 2. The fourth-order valence-electron chi connectivity index (χ4n) is 2.40. The zero-order chi connectivity index (χ0) is 13.5. The molecular weight excluding hydrogens is 240 g/mol. The summed E-state index contributed by atoms with van der Waals surface area (Å²) >= 11 is 0. The van der Waals surface area contributed by atoms with Crippen LogP contribution in [0.4, 0.5) is 5.69 Å². The molecule has 4 nitrogen and oxygen atoms in total. The first-order valence-corrected chi connectivity index (χ1v) is 6.92. The number of anilines is 1. The average Bonchev–Trinajstić information content (AvgIpc) is 2.70. The standard InChI is InChI=1S/C15H22N2O2/c1-19-11-12-7-4-5-8-13(12)17-15(18)14-9-3-2-6-10-16-14/h4-5,7-8,14,16H,2-3,6,9-11H2,1H3,(H,17,18). The highest BCUT2D eigenvalue weighted by Gasteiger charge is 2.20. The van der Waals surface area contributed by atoms with Gasteiger partial charge in [0.15, 0.2) is 0 Å². The number of hydrogen-bond acceptors (Lipinski definition) is 3. The maximum atomic E-state index is 12.3. The second-order valence-electron chi connectivity index (χ2n) is 4.94. The normalized spacial score (nSPS) is 19.7. The Morgan fingerprint density at radius 1 is 1.37 bits per heavy atom. The molecule has 0 radical (unpaired) electrons. The highest BCUT2D eigenvalue weighted by Crippen LogP contribution is 2.17. The molecule has 0 aromatic heterocycles. The van der Waals surface area contributed by atoms with Crippen molar-refractivity contribution in [3.63, 3.8) is 0 Å². The van der Waals surface area contributed by atoms with Gasteiger partial charge in [-0.1, -0.05) is 31.0 Å². The van der Waals surface area contributed by atoms with Crippen molar-refractivity contribution in [2.45, 2.75) is 38.3 Å². The summed E-state index contributed by atoms with van der Waals surface area (Å²) in [6, 6.07) is 7.70. The van der Waals surface area contributed by atoms with Crippen molar-refractivity contribution in [1.82, 2.24) is 5.32 Å². The molecule has 1 saturated heterocycles. The van der Waals surface area contributed by atoms with E-state index in [4.69, 9.17) is 4.74 Å². The molecule has 104 valence electrons. The Morgan fingerprint density at radius 3 is 3.05 bits per heavy atom. The second-order valence-corrected chi connectivity index (χ2v) is 4.94. The van der Waals surface area contributed by atoms with Gasteiger partial charge in [0.1, 0.15) is 0 Å². The Balaban J connectivity index is 2.01. The Labute approximate surface area is 114 Å². The zero-order valence-electron chi connectivity index (χ0n) is 11.4. The van der Waals surface area contributed by atoms with Crippen LogP contribution < -0.4 is 10.6 Å². The van der Waals surface area contributed by atoms with Crippen LogP contribution in [0.5, 0.6) is 0 Å². The van der Waals surface area contributed by atoms with Gasteiger partial charge in [0.05, 0.1) is 12.6 Å². The van der Waals surface area contributed by atoms with Crippen molar-refractivity contribution < 1.29 is 9.53 Å². The van der Waals surface area contributed by atoms with E-state index in [1.807, 2.05) is 24.3 Å². The van der Waals surface area contributed by atoms with Gasteiger partial charge in [-0.3, -0.25) is 4.79 Å². The van der Waals surface area contributed by atoms with Crippen molar-refractivity contribution in [3.05, 3.63) is 29.8 Å². The van der Waals surface area contributed by atoms with Crippen LogP contribution in [0.2, 0.25) is 0 Å². The van der Waals surface area contributed by atoms with Crippen molar-refractivity contribution in [1.29, 1.82) is 0 Å². The Hall–Kier alpha value is -1.39. The minimum absolute atomic E-state index is 0.0606. The SMILES string of the molecule is COCc1ccccc1NC(=O)C1CCCCCN1. The molecule has 4 heteroatoms. The van der Waals surface area contributed by atoms with Gasteiger partial charge in [-0.25, -0.2) is 0 Å². The first-order valence-electron chi connectivity index (χ1n) is 6.92. The number of nitrogens with one attached hydrogen (secondary N) is 2. The van der Waals surface area contributed by atoms with E-state index in [-0.39, 0.29) is 11.9 Å². The first-order chi connectivity index (χ1) is 9.31. The minimum Gasteiger partial charge on any atom is -0.380 e. The predicted molar refractivity (Wildman–Crippen MR) is 76.0 cm³/mol. The number of benzene rings is 1. The summed E-state index contributed by atoms with van der Waals surface area (Å²) in [7, 11) is 1.66. The molecule has 1 unspecified atom stereocenters. The molecule has 1 aliphatic rings. The fourth-order valence-corrected chi connectivity index (χ4v) is 2.40. The summed E-state index contributed by atoms with van der Waals surface area (Å²) in [6.45, 7) is 1.44. The molecule has 1 aromatic rings. The summed E-state index contributed by atoms with van der Waals surface area (Å²) in [4.78, 5) is 12.3. The van der Waals surface area contributed by atoms with Crippen LogP contribution in [0.15, 0.2) is 24.3 Å². The smallest absolute Gasteiger partial charge is 0.241 e. The van der Waals surface area contributed by atoms with E-state index >= 15 is 0 Å². The molecule has 0 spiro atoms. The molecule has 1 amide bonds. The second kappa shape index (κ2) is 7.26. The van der Waals surface area contributed by atoms with E-state index in [2.05, 4.69) is 10.6 Å². The van der Waals surface area contributed by atoms with E-state index in [0.717, 1.165) is 37.1 Å². The van der Waals surface area contributed by atoms with E-state index in [1.165, 1.54) is 6.42 Å². The van der Waals surface area contributed by atoms with Crippen molar-refractivity contribution >= 4 is 11.6 Å². The van der Waals surface area contributed by atoms with Crippen LogP contribution in [0.25, 0.3) is 0 Å². The van der Waals surface area contributed by atoms with Crippen LogP contribution in [-0.2, 0) is 16.1 Å². The minimum atomic E-state index is -0.0712. The number of rotatable bonds is 4.